The molecule has 0 radical (unpaired) electrons. The van der Waals surface area contributed by atoms with E-state index in [-0.39, 0.29) is 25.9 Å². The van der Waals surface area contributed by atoms with Crippen LogP contribution in [0.3, 0.4) is 0 Å². The zero-order chi connectivity index (χ0) is 56.1. The molecule has 1 aliphatic heterocycles. The zero-order valence-corrected chi connectivity index (χ0v) is 48.7. The van der Waals surface area contributed by atoms with E-state index in [4.69, 9.17) is 23.7 Å². The first-order chi connectivity index (χ1) is 37.6. The van der Waals surface area contributed by atoms with Crippen LogP contribution >= 0.6 is 0 Å². The average molecular weight is 1080 g/mol. The van der Waals surface area contributed by atoms with Crippen molar-refractivity contribution in [2.24, 2.45) is 0 Å². The smallest absolute Gasteiger partial charge is 0.335 e. The van der Waals surface area contributed by atoms with Gasteiger partial charge in [-0.25, -0.2) is 4.79 Å². The molecule has 0 aromatic carbocycles. The lowest BCUT2D eigenvalue weighted by Crippen LogP contribution is -2.61. The molecule has 0 saturated carbocycles. The van der Waals surface area contributed by atoms with Gasteiger partial charge in [-0.15, -0.1) is 0 Å². The number of rotatable bonds is 52. The first kappa shape index (κ1) is 71.2. The van der Waals surface area contributed by atoms with Crippen LogP contribution in [-0.2, 0) is 42.9 Å². The summed E-state index contributed by atoms with van der Waals surface area (Å²) in [6.07, 6.45) is 54.4. The predicted octanol–water partition coefficient (Wildman–Crippen LogP) is 16.1. The topological polar surface area (TPSA) is 175 Å². The van der Waals surface area contributed by atoms with Crippen molar-refractivity contribution in [1.82, 2.24) is 0 Å². The van der Waals surface area contributed by atoms with Crippen LogP contribution in [0.15, 0.2) is 72.9 Å². The third kappa shape index (κ3) is 42.7. The number of aliphatic hydroxyl groups excluding tert-OH is 2. The number of allylic oxidation sites excluding steroid dienone is 12. The quantitative estimate of drug-likeness (QED) is 0.0228. The molecule has 0 spiro atoms. The van der Waals surface area contributed by atoms with E-state index >= 15 is 0 Å². The van der Waals surface area contributed by atoms with Gasteiger partial charge < -0.3 is 39.0 Å². The van der Waals surface area contributed by atoms with E-state index in [0.29, 0.717) is 19.3 Å². The number of aliphatic hydroxyl groups is 2. The molecule has 0 aromatic heterocycles. The second-order valence-electron chi connectivity index (χ2n) is 21.0. The van der Waals surface area contributed by atoms with Crippen LogP contribution in [-0.4, -0.2) is 89.2 Å². The minimum atomic E-state index is -1.92. The highest BCUT2D eigenvalue weighted by Gasteiger charge is 2.50. The number of carbonyl (C=O) groups excluding carboxylic acids is 3. The Hall–Kier alpha value is -3.84. The summed E-state index contributed by atoms with van der Waals surface area (Å²) in [5.41, 5.74) is 0. The fourth-order valence-corrected chi connectivity index (χ4v) is 9.04. The van der Waals surface area contributed by atoms with Crippen molar-refractivity contribution < 1.29 is 58.2 Å². The molecule has 12 nitrogen and oxygen atoms in total. The van der Waals surface area contributed by atoms with Gasteiger partial charge in [-0.05, 0) is 83.5 Å². The predicted molar refractivity (Wildman–Crippen MR) is 312 cm³/mol. The Balaban J connectivity index is 2.68. The molecule has 0 amide bonds. The number of carboxylic acid groups (broad SMARTS) is 1. The molecule has 0 bridgehead atoms. The van der Waals surface area contributed by atoms with Crippen molar-refractivity contribution in [3.8, 4) is 0 Å². The first-order valence-electron chi connectivity index (χ1n) is 30.9. The SMILES string of the molecule is CC/C=C\C/C=C\C/C=C\C/C=C\CCCCCCC(=O)OC1C(OCC(COC(=O)CCCCCCCCCCCCCCCCCCC)OC(=O)CCCCCCC/C=C\C/C=C\CCC)OC(C(=O)O)C(O)C1O. The van der Waals surface area contributed by atoms with Crippen LogP contribution in [0.25, 0.3) is 0 Å². The highest BCUT2D eigenvalue weighted by Crippen LogP contribution is 2.26. The largest absolute Gasteiger partial charge is 0.479 e. The molecular formula is C65H110O12. The molecule has 77 heavy (non-hydrogen) atoms. The minimum absolute atomic E-state index is 0.0298. The second kappa shape index (κ2) is 52.8. The Morgan fingerprint density at radius 2 is 0.844 bits per heavy atom. The average Bonchev–Trinajstić information content (AvgIpc) is 3.42. The van der Waals surface area contributed by atoms with E-state index in [9.17, 15) is 34.5 Å². The first-order valence-corrected chi connectivity index (χ1v) is 30.9. The number of esters is 3. The molecule has 6 unspecified atom stereocenters. The Bertz CT molecular complexity index is 1620. The van der Waals surface area contributed by atoms with Crippen LogP contribution in [0.2, 0.25) is 0 Å². The second-order valence-corrected chi connectivity index (χ2v) is 21.0. The van der Waals surface area contributed by atoms with Gasteiger partial charge in [-0.1, -0.05) is 235 Å². The van der Waals surface area contributed by atoms with Gasteiger partial charge in [0.2, 0.25) is 0 Å². The van der Waals surface area contributed by atoms with Crippen LogP contribution in [0.5, 0.6) is 0 Å². The summed E-state index contributed by atoms with van der Waals surface area (Å²) in [5, 5.41) is 31.5. The van der Waals surface area contributed by atoms with Crippen LogP contribution < -0.4 is 0 Å². The maximum atomic E-state index is 13.1. The summed E-state index contributed by atoms with van der Waals surface area (Å²) in [7, 11) is 0. The summed E-state index contributed by atoms with van der Waals surface area (Å²) in [5.74, 6) is -3.16. The summed E-state index contributed by atoms with van der Waals surface area (Å²) < 4.78 is 28.4. The molecule has 0 aromatic rings. The molecule has 1 heterocycles. The molecule has 12 heteroatoms. The highest BCUT2D eigenvalue weighted by molar-refractivity contribution is 5.74. The van der Waals surface area contributed by atoms with Crippen molar-refractivity contribution in [3.63, 3.8) is 0 Å². The van der Waals surface area contributed by atoms with Gasteiger partial charge >= 0.3 is 23.9 Å². The van der Waals surface area contributed by atoms with Crippen LogP contribution in [0.4, 0.5) is 0 Å². The lowest BCUT2D eigenvalue weighted by atomic mass is 9.98. The zero-order valence-electron chi connectivity index (χ0n) is 48.7. The van der Waals surface area contributed by atoms with Crippen molar-refractivity contribution >= 4 is 23.9 Å². The van der Waals surface area contributed by atoms with E-state index < -0.39 is 67.3 Å². The van der Waals surface area contributed by atoms with E-state index in [1.165, 1.54) is 83.5 Å². The number of unbranched alkanes of at least 4 members (excludes halogenated alkanes) is 26. The number of ether oxygens (including phenoxy) is 5. The van der Waals surface area contributed by atoms with Gasteiger partial charge in [0.25, 0.3) is 0 Å². The van der Waals surface area contributed by atoms with Gasteiger partial charge in [0, 0.05) is 19.3 Å². The van der Waals surface area contributed by atoms with E-state index in [1.54, 1.807) is 0 Å². The summed E-state index contributed by atoms with van der Waals surface area (Å²) in [6.45, 7) is 5.81. The van der Waals surface area contributed by atoms with Gasteiger partial charge in [0.1, 0.15) is 18.8 Å². The minimum Gasteiger partial charge on any atom is -0.479 e. The third-order valence-electron chi connectivity index (χ3n) is 13.7. The van der Waals surface area contributed by atoms with Crippen molar-refractivity contribution in [2.75, 3.05) is 13.2 Å². The van der Waals surface area contributed by atoms with Crippen molar-refractivity contribution in [3.05, 3.63) is 72.9 Å². The number of aliphatic carboxylic acids is 1. The van der Waals surface area contributed by atoms with Crippen molar-refractivity contribution in [1.29, 1.82) is 0 Å². The van der Waals surface area contributed by atoms with Gasteiger partial charge in [-0.3, -0.25) is 14.4 Å². The van der Waals surface area contributed by atoms with E-state index in [1.807, 2.05) is 0 Å². The van der Waals surface area contributed by atoms with Crippen molar-refractivity contribution in [2.45, 2.75) is 302 Å². The van der Waals surface area contributed by atoms with Gasteiger partial charge in [-0.2, -0.15) is 0 Å². The standard InChI is InChI=1S/C65H110O12/c1-4-7-10-13-16-19-22-25-27-29-31-34-36-39-42-45-48-51-57(66)73-54-56(75-58(67)52-49-46-43-40-37-33-24-21-18-15-12-9-6-3)55-74-65-63(61(70)60(69)62(77-65)64(71)72)76-59(68)53-50-47-44-41-38-35-32-30-28-26-23-20-17-14-11-8-5-2/h8,11-12,15,17,20-21,24,26,28,32,35,56,60-63,65,69-70H,4-7,9-10,13-14,16,18-19,22-23,25,27,29-31,33-34,36-55H2,1-3H3,(H,71,72)/b11-8-,15-12-,20-17-,24-21-,28-26-,35-32-. The normalized spacial score (nSPS) is 18.5. The monoisotopic (exact) mass is 1080 g/mol. The molecule has 3 N–H and O–H groups in total. The molecule has 0 aliphatic carbocycles. The number of carbonyl (C=O) groups is 4. The fourth-order valence-electron chi connectivity index (χ4n) is 9.04. The Morgan fingerprint density at radius 1 is 0.442 bits per heavy atom. The lowest BCUT2D eigenvalue weighted by Gasteiger charge is -2.40. The molecule has 442 valence electrons. The Kier molecular flexibility index (Phi) is 48.8. The van der Waals surface area contributed by atoms with E-state index in [0.717, 1.165) is 122 Å². The molecular weight excluding hydrogens is 973 g/mol. The molecule has 1 fully saturated rings. The summed E-state index contributed by atoms with van der Waals surface area (Å²) in [6, 6.07) is 0. The fraction of sp³-hybridized carbons (Fsp3) is 0.754. The van der Waals surface area contributed by atoms with Gasteiger partial charge in [0.05, 0.1) is 6.61 Å². The number of carboxylic acids is 1. The van der Waals surface area contributed by atoms with Crippen LogP contribution in [0.1, 0.15) is 265 Å². The van der Waals surface area contributed by atoms with E-state index in [2.05, 4.69) is 93.7 Å². The molecule has 1 aliphatic rings. The third-order valence-corrected chi connectivity index (χ3v) is 13.7. The molecule has 1 saturated heterocycles. The number of hydrogen-bond acceptors (Lipinski definition) is 11. The summed E-state index contributed by atoms with van der Waals surface area (Å²) >= 11 is 0. The maximum Gasteiger partial charge on any atom is 0.335 e. The van der Waals surface area contributed by atoms with Gasteiger partial charge in [0.15, 0.2) is 24.6 Å². The molecule has 6 atom stereocenters. The highest BCUT2D eigenvalue weighted by atomic mass is 16.7. The Labute approximate surface area is 468 Å². The number of hydrogen-bond donors (Lipinski definition) is 3. The lowest BCUT2D eigenvalue weighted by molar-refractivity contribution is -0.301. The van der Waals surface area contributed by atoms with Crippen LogP contribution in [0, 0.1) is 0 Å². The Morgan fingerprint density at radius 3 is 1.30 bits per heavy atom. The maximum absolute atomic E-state index is 13.1. The molecule has 1 rings (SSSR count). The summed E-state index contributed by atoms with van der Waals surface area (Å²) in [4.78, 5) is 51.2.